The summed E-state index contributed by atoms with van der Waals surface area (Å²) < 4.78 is 1.44. The summed E-state index contributed by atoms with van der Waals surface area (Å²) in [6, 6.07) is 1.26. The van der Waals surface area contributed by atoms with Crippen molar-refractivity contribution in [1.29, 1.82) is 0 Å². The summed E-state index contributed by atoms with van der Waals surface area (Å²) in [5, 5.41) is 19.9. The number of aromatic nitrogens is 1. The van der Waals surface area contributed by atoms with Gasteiger partial charge in [0.25, 0.3) is 11.6 Å². The number of carbonyl (C=O) groups is 1. The van der Waals surface area contributed by atoms with Gasteiger partial charge in [-0.05, 0) is 6.42 Å². The molecule has 0 aliphatic carbocycles. The molecule has 1 atom stereocenters. The highest BCUT2D eigenvalue weighted by atomic mass is 16.6. The zero-order chi connectivity index (χ0) is 12.6. The summed E-state index contributed by atoms with van der Waals surface area (Å²) in [6.45, 7) is 0.775. The lowest BCUT2D eigenvalue weighted by atomic mass is 10.3. The summed E-state index contributed by atoms with van der Waals surface area (Å²) in [7, 11) is 1.59. The molecule has 0 aromatic carbocycles. The fraction of sp³-hybridized carbons (Fsp3) is 0.500. The number of nitrogens with zero attached hydrogens (tertiary/aromatic N) is 3. The minimum absolute atomic E-state index is 0.101. The Labute approximate surface area is 97.4 Å². The van der Waals surface area contributed by atoms with Gasteiger partial charge in [-0.3, -0.25) is 14.9 Å². The summed E-state index contributed by atoms with van der Waals surface area (Å²) in [6.07, 6.45) is 1.37. The Morgan fingerprint density at radius 2 is 2.35 bits per heavy atom. The smallest absolute Gasteiger partial charge is 0.287 e. The molecule has 1 aliphatic rings. The van der Waals surface area contributed by atoms with Gasteiger partial charge in [-0.25, -0.2) is 0 Å². The lowest BCUT2D eigenvalue weighted by Crippen LogP contribution is -2.30. The third-order valence-corrected chi connectivity index (χ3v) is 2.87. The Bertz CT molecular complexity index is 468. The van der Waals surface area contributed by atoms with Crippen LogP contribution < -0.4 is 0 Å². The molecule has 0 saturated carbocycles. The van der Waals surface area contributed by atoms with Crippen LogP contribution in [0.15, 0.2) is 12.3 Å². The first-order valence-corrected chi connectivity index (χ1v) is 5.27. The van der Waals surface area contributed by atoms with E-state index in [1.54, 1.807) is 7.05 Å². The van der Waals surface area contributed by atoms with E-state index in [1.807, 2.05) is 0 Å². The van der Waals surface area contributed by atoms with Crippen LogP contribution in [0.25, 0.3) is 0 Å². The van der Waals surface area contributed by atoms with Gasteiger partial charge in [0, 0.05) is 26.2 Å². The Kier molecular flexibility index (Phi) is 2.84. The van der Waals surface area contributed by atoms with Gasteiger partial charge in [0.15, 0.2) is 0 Å². The summed E-state index contributed by atoms with van der Waals surface area (Å²) in [5.41, 5.74) is 0.168. The Morgan fingerprint density at radius 3 is 2.82 bits per heavy atom. The van der Waals surface area contributed by atoms with E-state index in [4.69, 9.17) is 0 Å². The second kappa shape index (κ2) is 4.17. The molecule has 7 heteroatoms. The molecule has 92 valence electrons. The third-order valence-electron chi connectivity index (χ3n) is 2.87. The highest BCUT2D eigenvalue weighted by molar-refractivity contribution is 5.93. The van der Waals surface area contributed by atoms with E-state index in [9.17, 15) is 20.0 Å². The van der Waals surface area contributed by atoms with Crippen molar-refractivity contribution in [3.05, 3.63) is 28.1 Å². The van der Waals surface area contributed by atoms with E-state index < -0.39 is 11.0 Å². The molecule has 0 radical (unpaired) electrons. The SMILES string of the molecule is Cn1cc([N+](=O)[O-])cc1C(=O)N1CC[C@H](O)C1. The summed E-state index contributed by atoms with van der Waals surface area (Å²) in [5.74, 6) is -0.280. The molecule has 2 rings (SSSR count). The molecular formula is C10H13N3O4. The van der Waals surface area contributed by atoms with Crippen molar-refractivity contribution in [1.82, 2.24) is 9.47 Å². The number of hydrogen-bond acceptors (Lipinski definition) is 4. The van der Waals surface area contributed by atoms with Gasteiger partial charge in [-0.15, -0.1) is 0 Å². The maximum atomic E-state index is 12.0. The molecule has 17 heavy (non-hydrogen) atoms. The molecule has 1 N–H and O–H groups in total. The van der Waals surface area contributed by atoms with Gasteiger partial charge in [0.2, 0.25) is 0 Å². The number of hydrogen-bond donors (Lipinski definition) is 1. The molecule has 7 nitrogen and oxygen atoms in total. The number of aryl methyl sites for hydroxylation is 1. The monoisotopic (exact) mass is 239 g/mol. The van der Waals surface area contributed by atoms with Gasteiger partial charge in [0.05, 0.1) is 17.2 Å². The van der Waals surface area contributed by atoms with Crippen molar-refractivity contribution in [2.45, 2.75) is 12.5 Å². The predicted molar refractivity (Wildman–Crippen MR) is 58.6 cm³/mol. The van der Waals surface area contributed by atoms with Crippen LogP contribution in [0.1, 0.15) is 16.9 Å². The number of aliphatic hydroxyl groups excluding tert-OH is 1. The molecule has 1 aliphatic heterocycles. The summed E-state index contributed by atoms with van der Waals surface area (Å²) >= 11 is 0. The second-order valence-electron chi connectivity index (χ2n) is 4.15. The molecular weight excluding hydrogens is 226 g/mol. The minimum atomic E-state index is -0.532. The topological polar surface area (TPSA) is 88.6 Å². The van der Waals surface area contributed by atoms with E-state index in [-0.39, 0.29) is 23.8 Å². The molecule has 1 amide bonds. The quantitative estimate of drug-likeness (QED) is 0.587. The molecule has 1 aromatic heterocycles. The van der Waals surface area contributed by atoms with Crippen LogP contribution in [-0.4, -0.2) is 44.6 Å². The van der Waals surface area contributed by atoms with Crippen molar-refractivity contribution in [2.24, 2.45) is 7.05 Å². The molecule has 0 unspecified atom stereocenters. The molecule has 1 fully saturated rings. The van der Waals surface area contributed by atoms with Crippen LogP contribution in [-0.2, 0) is 7.05 Å². The zero-order valence-corrected chi connectivity index (χ0v) is 9.37. The molecule has 1 saturated heterocycles. The molecule has 0 bridgehead atoms. The van der Waals surface area contributed by atoms with Crippen molar-refractivity contribution in [3.63, 3.8) is 0 Å². The number of likely N-dealkylation sites (tertiary alicyclic amines) is 1. The lowest BCUT2D eigenvalue weighted by molar-refractivity contribution is -0.384. The fourth-order valence-electron chi connectivity index (χ4n) is 1.95. The highest BCUT2D eigenvalue weighted by Gasteiger charge is 2.28. The fourth-order valence-corrected chi connectivity index (χ4v) is 1.95. The van der Waals surface area contributed by atoms with Gasteiger partial charge >= 0.3 is 0 Å². The summed E-state index contributed by atoms with van der Waals surface area (Å²) in [4.78, 5) is 23.6. The molecule has 1 aromatic rings. The van der Waals surface area contributed by atoms with Crippen molar-refractivity contribution < 1.29 is 14.8 Å². The number of rotatable bonds is 2. The standard InChI is InChI=1S/C10H13N3O4/c1-11-5-7(13(16)17)4-9(11)10(15)12-3-2-8(14)6-12/h4-5,8,14H,2-3,6H2,1H3/t8-/m0/s1. The van der Waals surface area contributed by atoms with E-state index in [1.165, 1.54) is 21.7 Å². The van der Waals surface area contributed by atoms with Gasteiger partial charge in [-0.1, -0.05) is 0 Å². The number of nitro groups is 1. The zero-order valence-electron chi connectivity index (χ0n) is 9.37. The number of β-amino-alcohol motifs (C(OH)–C–C–N with tert-alkyl or cyclic N) is 1. The van der Waals surface area contributed by atoms with Gasteiger partial charge < -0.3 is 14.6 Å². The average Bonchev–Trinajstić information content (AvgIpc) is 2.84. The van der Waals surface area contributed by atoms with Crippen molar-refractivity contribution in [3.8, 4) is 0 Å². The van der Waals surface area contributed by atoms with Gasteiger partial charge in [0.1, 0.15) is 5.69 Å². The largest absolute Gasteiger partial charge is 0.391 e. The molecule has 0 spiro atoms. The minimum Gasteiger partial charge on any atom is -0.391 e. The predicted octanol–water partition coefficient (Wildman–Crippen LogP) is 0.140. The normalized spacial score (nSPS) is 19.6. The van der Waals surface area contributed by atoms with Crippen LogP contribution in [0.4, 0.5) is 5.69 Å². The number of amides is 1. The third kappa shape index (κ3) is 2.14. The number of aliphatic hydroxyl groups is 1. The first-order chi connectivity index (χ1) is 7.99. The van der Waals surface area contributed by atoms with E-state index in [0.717, 1.165) is 0 Å². The highest BCUT2D eigenvalue weighted by Crippen LogP contribution is 2.19. The van der Waals surface area contributed by atoms with Crippen LogP contribution >= 0.6 is 0 Å². The van der Waals surface area contributed by atoms with E-state index in [2.05, 4.69) is 0 Å². The Hall–Kier alpha value is -1.89. The van der Waals surface area contributed by atoms with E-state index >= 15 is 0 Å². The first kappa shape index (κ1) is 11.6. The van der Waals surface area contributed by atoms with Crippen LogP contribution in [0.2, 0.25) is 0 Å². The average molecular weight is 239 g/mol. The molecule has 2 heterocycles. The van der Waals surface area contributed by atoms with Crippen LogP contribution in [0.5, 0.6) is 0 Å². The van der Waals surface area contributed by atoms with Crippen molar-refractivity contribution >= 4 is 11.6 Å². The number of carbonyl (C=O) groups excluding carboxylic acids is 1. The first-order valence-electron chi connectivity index (χ1n) is 5.27. The second-order valence-corrected chi connectivity index (χ2v) is 4.15. The Morgan fingerprint density at radius 1 is 1.65 bits per heavy atom. The Balaban J connectivity index is 2.22. The van der Waals surface area contributed by atoms with Crippen molar-refractivity contribution in [2.75, 3.05) is 13.1 Å². The maximum absolute atomic E-state index is 12.0. The van der Waals surface area contributed by atoms with E-state index in [0.29, 0.717) is 13.0 Å². The lowest BCUT2D eigenvalue weighted by Gasteiger charge is -2.15. The van der Waals surface area contributed by atoms with Gasteiger partial charge in [-0.2, -0.15) is 0 Å². The van der Waals surface area contributed by atoms with Crippen LogP contribution in [0.3, 0.4) is 0 Å². The van der Waals surface area contributed by atoms with Crippen LogP contribution in [0, 0.1) is 10.1 Å². The maximum Gasteiger partial charge on any atom is 0.287 e.